The fraction of sp³-hybridized carbons (Fsp3) is 0.714. The van der Waals surface area contributed by atoms with Gasteiger partial charge in [0.05, 0.1) is 5.92 Å². The van der Waals surface area contributed by atoms with Crippen LogP contribution in [-0.4, -0.2) is 33.8 Å². The van der Waals surface area contributed by atoms with E-state index in [9.17, 15) is 0 Å². The summed E-state index contributed by atoms with van der Waals surface area (Å²) in [5.41, 5.74) is 8.08. The molecule has 0 amide bonds. The van der Waals surface area contributed by atoms with E-state index in [1.807, 2.05) is 0 Å². The zero-order valence-corrected chi connectivity index (χ0v) is 16.6. The summed E-state index contributed by atoms with van der Waals surface area (Å²) in [6, 6.07) is 8.58. The third-order valence-corrected chi connectivity index (χ3v) is 4.94. The van der Waals surface area contributed by atoms with Gasteiger partial charge in [0, 0.05) is 21.3 Å². The van der Waals surface area contributed by atoms with Crippen LogP contribution in [0.15, 0.2) is 24.3 Å². The van der Waals surface area contributed by atoms with E-state index in [4.69, 9.17) is 19.9 Å². The van der Waals surface area contributed by atoms with Crippen molar-refractivity contribution < 1.29 is 14.2 Å². The summed E-state index contributed by atoms with van der Waals surface area (Å²) >= 11 is 0. The molecule has 0 radical (unpaired) electrons. The van der Waals surface area contributed by atoms with Crippen molar-refractivity contribution in [1.29, 1.82) is 0 Å². The Bertz CT molecular complexity index is 435. The highest BCUT2D eigenvalue weighted by atomic mass is 16.9. The van der Waals surface area contributed by atoms with Crippen molar-refractivity contribution in [1.82, 2.24) is 0 Å². The van der Waals surface area contributed by atoms with Crippen molar-refractivity contribution in [3.63, 3.8) is 0 Å². The van der Waals surface area contributed by atoms with Crippen molar-refractivity contribution in [3.8, 4) is 0 Å². The number of unbranched alkanes of at least 4 members (excludes halogenated alkanes) is 5. The number of nitrogens with two attached hydrogens (primary N) is 1. The molecule has 0 spiro atoms. The van der Waals surface area contributed by atoms with E-state index in [1.54, 1.807) is 21.3 Å². The molecule has 0 fully saturated rings. The molecule has 1 rings (SSSR count). The molecule has 0 aliphatic heterocycles. The average Bonchev–Trinajstić information content (AvgIpc) is 2.65. The van der Waals surface area contributed by atoms with Gasteiger partial charge in [-0.05, 0) is 30.5 Å². The molecule has 0 heterocycles. The molecule has 0 bridgehead atoms. The maximum atomic E-state index is 5.66. The molecule has 0 aliphatic rings. The number of rotatable bonds is 14. The highest BCUT2D eigenvalue weighted by Gasteiger charge is 2.40. The number of methoxy groups -OCH3 is 3. The first-order valence-corrected chi connectivity index (χ1v) is 9.61. The fourth-order valence-corrected chi connectivity index (χ4v) is 3.44. The van der Waals surface area contributed by atoms with E-state index in [0.717, 1.165) is 19.3 Å². The minimum atomic E-state index is -1.04. The highest BCUT2D eigenvalue weighted by Crippen LogP contribution is 2.37. The Hall–Kier alpha value is -0.940. The molecule has 0 aliphatic carbocycles. The first-order valence-electron chi connectivity index (χ1n) is 9.61. The first kappa shape index (κ1) is 22.1. The normalized spacial score (nSPS) is 13.2. The maximum Gasteiger partial charge on any atom is 0.289 e. The second kappa shape index (κ2) is 12.4. The van der Waals surface area contributed by atoms with Crippen LogP contribution in [0.4, 0.5) is 0 Å². The Labute approximate surface area is 154 Å². The number of ether oxygens (including phenoxy) is 3. The van der Waals surface area contributed by atoms with Crippen molar-refractivity contribution in [2.75, 3.05) is 27.9 Å². The monoisotopic (exact) mass is 351 g/mol. The van der Waals surface area contributed by atoms with Crippen LogP contribution < -0.4 is 5.73 Å². The number of hydrogen-bond donors (Lipinski definition) is 1. The van der Waals surface area contributed by atoms with Crippen molar-refractivity contribution in [3.05, 3.63) is 35.4 Å². The van der Waals surface area contributed by atoms with Gasteiger partial charge in [-0.25, -0.2) is 0 Å². The summed E-state index contributed by atoms with van der Waals surface area (Å²) in [6.07, 6.45) is 9.44. The van der Waals surface area contributed by atoms with E-state index in [-0.39, 0.29) is 5.92 Å². The second-order valence-corrected chi connectivity index (χ2v) is 6.61. The Balaban J connectivity index is 2.83. The third kappa shape index (κ3) is 6.70. The third-order valence-electron chi connectivity index (χ3n) is 4.94. The van der Waals surface area contributed by atoms with Crippen LogP contribution >= 0.6 is 0 Å². The Morgan fingerprint density at radius 3 is 1.96 bits per heavy atom. The smallest absolute Gasteiger partial charge is 0.289 e. The summed E-state index contributed by atoms with van der Waals surface area (Å²) in [5, 5.41) is 0. The fourth-order valence-electron chi connectivity index (χ4n) is 3.44. The molecule has 1 aromatic rings. The molecule has 1 unspecified atom stereocenters. The van der Waals surface area contributed by atoms with Gasteiger partial charge in [0.1, 0.15) is 0 Å². The zero-order chi connectivity index (χ0) is 18.5. The Kier molecular flexibility index (Phi) is 11.0. The van der Waals surface area contributed by atoms with Crippen molar-refractivity contribution in [2.24, 2.45) is 5.73 Å². The topological polar surface area (TPSA) is 53.7 Å². The van der Waals surface area contributed by atoms with E-state index in [0.29, 0.717) is 6.54 Å². The molecule has 144 valence electrons. The summed E-state index contributed by atoms with van der Waals surface area (Å²) in [5.74, 6) is -1.01. The van der Waals surface area contributed by atoms with Crippen LogP contribution in [-0.2, 0) is 20.6 Å². The van der Waals surface area contributed by atoms with Crippen LogP contribution in [0.25, 0.3) is 0 Å². The van der Waals surface area contributed by atoms with Gasteiger partial charge in [-0.1, -0.05) is 69.7 Å². The lowest BCUT2D eigenvalue weighted by Crippen LogP contribution is -2.42. The Morgan fingerprint density at radius 2 is 1.44 bits per heavy atom. The van der Waals surface area contributed by atoms with Crippen LogP contribution in [0.5, 0.6) is 0 Å². The lowest BCUT2D eigenvalue weighted by Gasteiger charge is -2.36. The predicted molar refractivity (Wildman–Crippen MR) is 104 cm³/mol. The summed E-state index contributed by atoms with van der Waals surface area (Å²) in [6.45, 7) is 2.91. The molecule has 4 nitrogen and oxygen atoms in total. The van der Waals surface area contributed by atoms with Crippen LogP contribution in [0.3, 0.4) is 0 Å². The van der Waals surface area contributed by atoms with E-state index in [2.05, 4.69) is 31.2 Å². The molecule has 2 N–H and O–H groups in total. The van der Waals surface area contributed by atoms with E-state index >= 15 is 0 Å². The molecule has 4 heteroatoms. The number of hydrogen-bond acceptors (Lipinski definition) is 4. The molecular weight excluding hydrogens is 314 g/mol. The lowest BCUT2D eigenvalue weighted by molar-refractivity contribution is -0.365. The van der Waals surface area contributed by atoms with Gasteiger partial charge in [0.15, 0.2) is 0 Å². The van der Waals surface area contributed by atoms with Gasteiger partial charge in [-0.3, -0.25) is 0 Å². The van der Waals surface area contributed by atoms with Gasteiger partial charge in [-0.2, -0.15) is 0 Å². The molecule has 25 heavy (non-hydrogen) atoms. The van der Waals surface area contributed by atoms with Gasteiger partial charge in [0.2, 0.25) is 0 Å². The zero-order valence-electron chi connectivity index (χ0n) is 16.6. The molecule has 0 aromatic heterocycles. The van der Waals surface area contributed by atoms with E-state index in [1.165, 1.54) is 43.2 Å². The molecular formula is C21H37NO3. The minimum absolute atomic E-state index is 0.0330. The van der Waals surface area contributed by atoms with Gasteiger partial charge in [0.25, 0.3) is 5.97 Å². The Morgan fingerprint density at radius 1 is 0.880 bits per heavy atom. The SMILES string of the molecule is CCCCCCCCC(c1ccc(CCN)cc1)C(OC)(OC)OC. The van der Waals surface area contributed by atoms with Gasteiger partial charge < -0.3 is 19.9 Å². The summed E-state index contributed by atoms with van der Waals surface area (Å²) in [4.78, 5) is 0. The van der Waals surface area contributed by atoms with Crippen molar-refractivity contribution >= 4 is 0 Å². The largest absolute Gasteiger partial charge is 0.330 e. The van der Waals surface area contributed by atoms with Crippen LogP contribution in [0.1, 0.15) is 68.9 Å². The van der Waals surface area contributed by atoms with Crippen LogP contribution in [0.2, 0.25) is 0 Å². The predicted octanol–water partition coefficient (Wildman–Crippen LogP) is 4.62. The first-order chi connectivity index (χ1) is 12.2. The van der Waals surface area contributed by atoms with Crippen LogP contribution in [0, 0.1) is 0 Å². The summed E-state index contributed by atoms with van der Waals surface area (Å²) < 4.78 is 17.0. The molecule has 1 aromatic carbocycles. The lowest BCUT2D eigenvalue weighted by atomic mass is 9.89. The minimum Gasteiger partial charge on any atom is -0.330 e. The average molecular weight is 352 g/mol. The van der Waals surface area contributed by atoms with E-state index < -0.39 is 5.97 Å². The van der Waals surface area contributed by atoms with Crippen molar-refractivity contribution in [2.45, 2.75) is 70.2 Å². The molecule has 1 atom stereocenters. The maximum absolute atomic E-state index is 5.66. The second-order valence-electron chi connectivity index (χ2n) is 6.61. The highest BCUT2D eigenvalue weighted by molar-refractivity contribution is 5.27. The summed E-state index contributed by atoms with van der Waals surface area (Å²) in [7, 11) is 4.93. The number of benzene rings is 1. The molecule has 0 saturated carbocycles. The quantitative estimate of drug-likeness (QED) is 0.393. The van der Waals surface area contributed by atoms with Gasteiger partial charge >= 0.3 is 0 Å². The standard InChI is InChI=1S/C21H37NO3/c1-5-6-7-8-9-10-11-20(21(23-2,24-3)25-4)19-14-12-18(13-15-19)16-17-22/h12-15,20H,5-11,16-17,22H2,1-4H3. The van der Waals surface area contributed by atoms with Gasteiger partial charge in [-0.15, -0.1) is 0 Å². The molecule has 0 saturated heterocycles.